The van der Waals surface area contributed by atoms with E-state index in [9.17, 15) is 23.9 Å². The van der Waals surface area contributed by atoms with Gasteiger partial charge in [0.1, 0.15) is 6.10 Å². The number of rotatable bonds is 6. The van der Waals surface area contributed by atoms with Crippen molar-refractivity contribution < 1.29 is 42.5 Å². The van der Waals surface area contributed by atoms with E-state index in [0.717, 1.165) is 0 Å². The molecule has 0 aromatic carbocycles. The summed E-state index contributed by atoms with van der Waals surface area (Å²) in [5, 5.41) is 10.3. The number of phosphoric acid groups is 2. The number of nitrogens with one attached hydrogen (secondary N) is 1. The van der Waals surface area contributed by atoms with Gasteiger partial charge in [-0.1, -0.05) is 0 Å². The Kier molecular flexibility index (Phi) is 5.82. The van der Waals surface area contributed by atoms with E-state index in [-0.39, 0.29) is 28.3 Å². The number of aliphatic hydroxyl groups is 1. The van der Waals surface area contributed by atoms with Gasteiger partial charge in [-0.15, -0.1) is 0 Å². The first-order valence-electron chi connectivity index (χ1n) is 7.37. The minimum atomic E-state index is -5.26. The van der Waals surface area contributed by atoms with E-state index in [1.165, 1.54) is 4.57 Å². The van der Waals surface area contributed by atoms with Gasteiger partial charge in [0.05, 0.1) is 12.7 Å². The number of ether oxygens (including phenoxy) is 1. The van der Waals surface area contributed by atoms with Gasteiger partial charge in [-0.2, -0.15) is 9.29 Å². The van der Waals surface area contributed by atoms with Crippen LogP contribution < -0.4 is 11.3 Å². The van der Waals surface area contributed by atoms with Gasteiger partial charge in [-0.3, -0.25) is 18.9 Å². The molecule has 3 heterocycles. The standard InChI is InChI=1S/C10H14BrN5O10P2/c11-9-13-5-6(14-10(12)15-7(5)18)16(9)8-4(17)1-3(25-8)2-24-28(22,23)26-27(19,20)21/h3-4,8,17H,1-2H2,(H,22,23)(H2,19,20,21)(H3,12,14,15,18). The van der Waals surface area contributed by atoms with Crippen LogP contribution in [-0.2, 0) is 22.7 Å². The SMILES string of the molecule is Nc1nc2c(nc(Br)n2C2OC(COP(=O)(O)OP(=O)(O)O)CC2O)c(=O)[nH]1. The summed E-state index contributed by atoms with van der Waals surface area (Å²) >= 11 is 3.13. The molecule has 0 bridgehead atoms. The van der Waals surface area contributed by atoms with Crippen molar-refractivity contribution in [3.8, 4) is 0 Å². The molecule has 0 spiro atoms. The Morgan fingerprint density at radius 1 is 1.36 bits per heavy atom. The number of hydrogen-bond donors (Lipinski definition) is 6. The van der Waals surface area contributed by atoms with Gasteiger partial charge >= 0.3 is 15.6 Å². The minimum Gasteiger partial charge on any atom is -0.388 e. The van der Waals surface area contributed by atoms with Crippen LogP contribution in [0.25, 0.3) is 11.2 Å². The summed E-state index contributed by atoms with van der Waals surface area (Å²) < 4.78 is 37.2. The number of anilines is 1. The van der Waals surface area contributed by atoms with E-state index < -0.39 is 46.2 Å². The van der Waals surface area contributed by atoms with Crippen molar-refractivity contribution in [2.24, 2.45) is 0 Å². The topological polar surface area (TPSA) is 232 Å². The number of imidazole rings is 1. The maximum Gasteiger partial charge on any atom is 0.481 e. The van der Waals surface area contributed by atoms with E-state index >= 15 is 0 Å². The molecule has 0 radical (unpaired) electrons. The summed E-state index contributed by atoms with van der Waals surface area (Å²) in [6, 6.07) is 0. The van der Waals surface area contributed by atoms with Crippen molar-refractivity contribution in [3.63, 3.8) is 0 Å². The quantitative estimate of drug-likeness (QED) is 0.211. The third kappa shape index (κ3) is 4.68. The van der Waals surface area contributed by atoms with Gasteiger partial charge in [0.2, 0.25) is 5.95 Å². The zero-order valence-corrected chi connectivity index (χ0v) is 17.0. The van der Waals surface area contributed by atoms with Crippen LogP contribution in [0.3, 0.4) is 0 Å². The number of halogens is 1. The third-order valence-electron chi connectivity index (χ3n) is 3.58. The van der Waals surface area contributed by atoms with Crippen LogP contribution in [0.4, 0.5) is 5.95 Å². The summed E-state index contributed by atoms with van der Waals surface area (Å²) in [5.41, 5.74) is 4.88. The van der Waals surface area contributed by atoms with Gasteiger partial charge in [0.25, 0.3) is 5.56 Å². The predicted octanol–water partition coefficient (Wildman–Crippen LogP) is -0.661. The first-order valence-corrected chi connectivity index (χ1v) is 11.2. The number of H-pyrrole nitrogens is 1. The minimum absolute atomic E-state index is 0.0245. The zero-order valence-electron chi connectivity index (χ0n) is 13.6. The second-order valence-electron chi connectivity index (χ2n) is 5.66. The first-order chi connectivity index (χ1) is 12.9. The van der Waals surface area contributed by atoms with Crippen molar-refractivity contribution in [2.75, 3.05) is 12.3 Å². The van der Waals surface area contributed by atoms with Crippen LogP contribution in [0.15, 0.2) is 9.53 Å². The summed E-state index contributed by atoms with van der Waals surface area (Å²) in [5.74, 6) is -0.186. The number of aliphatic hydroxyl groups excluding tert-OH is 1. The monoisotopic (exact) mass is 505 g/mol. The Labute approximate surface area is 163 Å². The molecule has 0 aliphatic carbocycles. The van der Waals surface area contributed by atoms with E-state index in [0.29, 0.717) is 0 Å². The molecule has 4 unspecified atom stereocenters. The molecule has 18 heteroatoms. The van der Waals surface area contributed by atoms with Crippen molar-refractivity contribution in [1.82, 2.24) is 19.5 Å². The fourth-order valence-corrected chi connectivity index (χ4v) is 4.77. The number of nitrogen functional groups attached to an aromatic ring is 1. The molecule has 28 heavy (non-hydrogen) atoms. The fraction of sp³-hybridized carbons (Fsp3) is 0.500. The lowest BCUT2D eigenvalue weighted by Gasteiger charge is -2.18. The number of nitrogens with zero attached hydrogens (tertiary/aromatic N) is 3. The summed E-state index contributed by atoms with van der Waals surface area (Å²) in [6.07, 6.45) is -3.30. The van der Waals surface area contributed by atoms with Crippen molar-refractivity contribution >= 4 is 48.7 Å². The van der Waals surface area contributed by atoms with Crippen molar-refractivity contribution in [2.45, 2.75) is 24.9 Å². The Morgan fingerprint density at radius 3 is 2.68 bits per heavy atom. The van der Waals surface area contributed by atoms with Crippen LogP contribution in [0.5, 0.6) is 0 Å². The highest BCUT2D eigenvalue weighted by Gasteiger charge is 2.40. The van der Waals surface area contributed by atoms with Gasteiger partial charge in [-0.05, 0) is 15.9 Å². The first kappa shape index (κ1) is 21.5. The number of aromatic nitrogens is 4. The molecule has 1 saturated heterocycles. The molecule has 0 saturated carbocycles. The molecule has 0 amide bonds. The molecule has 2 aromatic rings. The van der Waals surface area contributed by atoms with Gasteiger partial charge in [0, 0.05) is 6.42 Å². The molecular weight excluding hydrogens is 492 g/mol. The Morgan fingerprint density at radius 2 is 2.04 bits per heavy atom. The molecule has 1 aliphatic rings. The number of aromatic amines is 1. The lowest BCUT2D eigenvalue weighted by atomic mass is 10.2. The van der Waals surface area contributed by atoms with Crippen LogP contribution in [0.2, 0.25) is 0 Å². The molecule has 4 atom stereocenters. The maximum absolute atomic E-state index is 11.9. The fourth-order valence-electron chi connectivity index (χ4n) is 2.60. The van der Waals surface area contributed by atoms with Gasteiger partial charge in [-0.25, -0.2) is 14.1 Å². The van der Waals surface area contributed by atoms with Crippen molar-refractivity contribution in [3.05, 3.63) is 15.1 Å². The molecule has 15 nitrogen and oxygen atoms in total. The van der Waals surface area contributed by atoms with Crippen LogP contribution in [0, 0.1) is 0 Å². The molecule has 156 valence electrons. The molecular formula is C10H14BrN5O10P2. The third-order valence-corrected chi connectivity index (χ3v) is 6.29. The predicted molar refractivity (Wildman–Crippen MR) is 93.7 cm³/mol. The van der Waals surface area contributed by atoms with E-state index in [1.807, 2.05) is 0 Å². The highest BCUT2D eigenvalue weighted by atomic mass is 79.9. The highest BCUT2D eigenvalue weighted by molar-refractivity contribution is 9.10. The summed E-state index contributed by atoms with van der Waals surface area (Å²) in [4.78, 5) is 48.6. The number of fused-ring (bicyclic) bond motifs is 1. The number of hydrogen-bond acceptors (Lipinski definition) is 10. The molecule has 1 aliphatic heterocycles. The van der Waals surface area contributed by atoms with E-state index in [4.69, 9.17) is 20.3 Å². The van der Waals surface area contributed by atoms with Crippen molar-refractivity contribution in [1.29, 1.82) is 0 Å². The molecule has 7 N–H and O–H groups in total. The molecule has 1 fully saturated rings. The lowest BCUT2D eigenvalue weighted by molar-refractivity contribution is -0.0492. The second kappa shape index (κ2) is 7.57. The largest absolute Gasteiger partial charge is 0.481 e. The van der Waals surface area contributed by atoms with Crippen LogP contribution in [-0.4, -0.2) is 58.1 Å². The smallest absolute Gasteiger partial charge is 0.388 e. The summed E-state index contributed by atoms with van der Waals surface area (Å²) in [7, 11) is -10.3. The highest BCUT2D eigenvalue weighted by Crippen LogP contribution is 2.57. The number of phosphoric ester groups is 1. The maximum atomic E-state index is 11.9. The number of nitrogens with two attached hydrogens (primary N) is 1. The normalized spacial score (nSPS) is 25.2. The second-order valence-corrected chi connectivity index (χ2v) is 9.20. The van der Waals surface area contributed by atoms with E-state index in [1.54, 1.807) is 0 Å². The Balaban J connectivity index is 1.79. The van der Waals surface area contributed by atoms with Crippen LogP contribution >= 0.6 is 31.6 Å². The zero-order chi connectivity index (χ0) is 20.9. The van der Waals surface area contributed by atoms with Gasteiger partial charge in [0.15, 0.2) is 22.1 Å². The molecule has 2 aromatic heterocycles. The average molecular weight is 506 g/mol. The Bertz CT molecular complexity index is 1050. The summed E-state index contributed by atoms with van der Waals surface area (Å²) in [6.45, 7) is -0.623. The van der Waals surface area contributed by atoms with E-state index in [2.05, 4.69) is 39.7 Å². The van der Waals surface area contributed by atoms with Gasteiger partial charge < -0.3 is 30.3 Å². The Hall–Kier alpha value is -1.19. The average Bonchev–Trinajstić information content (AvgIpc) is 3.03. The molecule has 3 rings (SSSR count). The lowest BCUT2D eigenvalue weighted by Crippen LogP contribution is -2.21. The van der Waals surface area contributed by atoms with Crippen LogP contribution in [0.1, 0.15) is 12.6 Å².